The number of carbonyl (C=O) groups is 2. The highest BCUT2D eigenvalue weighted by Crippen LogP contribution is 2.38. The molecule has 1 aliphatic heterocycles. The molecule has 1 aromatic heterocycles. The Kier molecular flexibility index (Phi) is 5.15. The molecule has 2 aromatic carbocycles. The van der Waals surface area contributed by atoms with Crippen molar-refractivity contribution < 1.29 is 28.6 Å². The van der Waals surface area contributed by atoms with E-state index in [0.717, 1.165) is 11.8 Å². The first-order chi connectivity index (χ1) is 14.3. The summed E-state index contributed by atoms with van der Waals surface area (Å²) in [5, 5.41) is 18.9. The van der Waals surface area contributed by atoms with Crippen molar-refractivity contribution in [3.8, 4) is 17.1 Å². The molecule has 4 rings (SSSR count). The van der Waals surface area contributed by atoms with Gasteiger partial charge >= 0.3 is 5.97 Å². The average molecular weight is 441 g/mol. The summed E-state index contributed by atoms with van der Waals surface area (Å²) in [5.74, 6) is -1.96. The number of hydrogen-bond donors (Lipinski definition) is 2. The summed E-state index contributed by atoms with van der Waals surface area (Å²) < 4.78 is 19.8. The van der Waals surface area contributed by atoms with E-state index in [1.165, 1.54) is 35.2 Å². The molecule has 0 bridgehead atoms. The highest BCUT2D eigenvalue weighted by atomic mass is 32.2. The van der Waals surface area contributed by atoms with E-state index in [4.69, 9.17) is 21.7 Å². The van der Waals surface area contributed by atoms with Crippen LogP contribution in [0.2, 0.25) is 0 Å². The maximum absolute atomic E-state index is 13.9. The minimum absolute atomic E-state index is 0.217. The molecule has 0 saturated carbocycles. The second-order valence-electron chi connectivity index (χ2n) is 6.21. The SMILES string of the molecule is O=C(O)c1ccc(N2C(=O)/C(=C\c3ccc(-c4ccccc4F)o3)SC2=S)cc1O. The number of anilines is 1. The number of thiocarbonyl (C=S) groups is 1. The fourth-order valence-electron chi connectivity index (χ4n) is 2.90. The lowest BCUT2D eigenvalue weighted by molar-refractivity contribution is -0.113. The van der Waals surface area contributed by atoms with Gasteiger partial charge in [0.2, 0.25) is 0 Å². The van der Waals surface area contributed by atoms with Crippen LogP contribution in [0.3, 0.4) is 0 Å². The summed E-state index contributed by atoms with van der Waals surface area (Å²) >= 11 is 6.30. The maximum Gasteiger partial charge on any atom is 0.339 e. The summed E-state index contributed by atoms with van der Waals surface area (Å²) in [6, 6.07) is 13.2. The van der Waals surface area contributed by atoms with Crippen LogP contribution in [-0.2, 0) is 4.79 Å². The van der Waals surface area contributed by atoms with Crippen LogP contribution in [0.15, 0.2) is 63.9 Å². The molecule has 9 heteroatoms. The predicted octanol–water partition coefficient (Wildman–Crippen LogP) is 4.90. The van der Waals surface area contributed by atoms with E-state index in [1.54, 1.807) is 30.3 Å². The Morgan fingerprint density at radius 2 is 1.93 bits per heavy atom. The van der Waals surface area contributed by atoms with Crippen molar-refractivity contribution in [3.05, 3.63) is 76.6 Å². The summed E-state index contributed by atoms with van der Waals surface area (Å²) in [6.07, 6.45) is 1.50. The fraction of sp³-hybridized carbons (Fsp3) is 0. The standard InChI is InChI=1S/C21H12FNO5S2/c22-15-4-2-1-3-13(15)17-8-6-12(28-17)10-18-19(25)23(21(29)30-18)11-5-7-14(20(26)27)16(24)9-11/h1-10,24H,(H,26,27)/b18-10+. The second-order valence-corrected chi connectivity index (χ2v) is 7.88. The monoisotopic (exact) mass is 441 g/mol. The van der Waals surface area contributed by atoms with Gasteiger partial charge in [0.25, 0.3) is 5.91 Å². The van der Waals surface area contributed by atoms with E-state index in [0.29, 0.717) is 17.1 Å². The van der Waals surface area contributed by atoms with E-state index in [1.807, 2.05) is 0 Å². The Morgan fingerprint density at radius 1 is 1.17 bits per heavy atom. The molecule has 1 saturated heterocycles. The van der Waals surface area contributed by atoms with E-state index in [-0.39, 0.29) is 20.5 Å². The number of carboxylic acid groups (broad SMARTS) is 1. The van der Waals surface area contributed by atoms with Gasteiger partial charge in [0, 0.05) is 12.1 Å². The largest absolute Gasteiger partial charge is 0.507 e. The number of hydrogen-bond acceptors (Lipinski definition) is 6. The van der Waals surface area contributed by atoms with Gasteiger partial charge in [-0.3, -0.25) is 9.69 Å². The van der Waals surface area contributed by atoms with Crippen molar-refractivity contribution in [3.63, 3.8) is 0 Å². The van der Waals surface area contributed by atoms with E-state index >= 15 is 0 Å². The molecule has 1 aliphatic rings. The Hall–Kier alpha value is -3.43. The number of aromatic carboxylic acids is 1. The number of aromatic hydroxyl groups is 1. The van der Waals surface area contributed by atoms with Crippen LogP contribution in [0, 0.1) is 5.82 Å². The first kappa shape index (κ1) is 19.9. The Bertz CT molecular complexity index is 1230. The first-order valence-electron chi connectivity index (χ1n) is 8.54. The lowest BCUT2D eigenvalue weighted by atomic mass is 10.1. The van der Waals surface area contributed by atoms with Crippen LogP contribution in [-0.4, -0.2) is 26.4 Å². The third-order valence-corrected chi connectivity index (χ3v) is 5.61. The number of thioether (sulfide) groups is 1. The molecule has 0 aliphatic carbocycles. The van der Waals surface area contributed by atoms with Crippen molar-refractivity contribution in [1.82, 2.24) is 0 Å². The molecule has 0 spiro atoms. The lowest BCUT2D eigenvalue weighted by Crippen LogP contribution is -2.27. The predicted molar refractivity (Wildman–Crippen MR) is 115 cm³/mol. The van der Waals surface area contributed by atoms with Gasteiger partial charge in [-0.15, -0.1) is 0 Å². The van der Waals surface area contributed by atoms with Gasteiger partial charge in [0.1, 0.15) is 28.7 Å². The Morgan fingerprint density at radius 3 is 2.63 bits per heavy atom. The molecule has 0 radical (unpaired) electrons. The molecule has 0 unspecified atom stereocenters. The van der Waals surface area contributed by atoms with Gasteiger partial charge in [-0.1, -0.05) is 36.1 Å². The number of halogens is 1. The van der Waals surface area contributed by atoms with E-state index in [9.17, 15) is 19.1 Å². The zero-order valence-corrected chi connectivity index (χ0v) is 16.7. The average Bonchev–Trinajstić information content (AvgIpc) is 3.26. The first-order valence-corrected chi connectivity index (χ1v) is 9.76. The van der Waals surface area contributed by atoms with Crippen molar-refractivity contribution in [2.24, 2.45) is 0 Å². The molecular formula is C21H12FNO5S2. The van der Waals surface area contributed by atoms with Crippen LogP contribution in [0.25, 0.3) is 17.4 Å². The Labute approximate surface area is 179 Å². The molecule has 30 heavy (non-hydrogen) atoms. The van der Waals surface area contributed by atoms with Gasteiger partial charge in [0.05, 0.1) is 16.2 Å². The number of nitrogens with zero attached hydrogens (tertiary/aromatic N) is 1. The van der Waals surface area contributed by atoms with E-state index < -0.39 is 23.4 Å². The number of carbonyl (C=O) groups excluding carboxylic acids is 1. The molecule has 150 valence electrons. The fourth-order valence-corrected chi connectivity index (χ4v) is 4.17. The molecule has 1 fully saturated rings. The molecule has 6 nitrogen and oxygen atoms in total. The third kappa shape index (κ3) is 3.60. The lowest BCUT2D eigenvalue weighted by Gasteiger charge is -2.15. The van der Waals surface area contributed by atoms with Crippen LogP contribution in [0.1, 0.15) is 16.1 Å². The molecular weight excluding hydrogens is 429 g/mol. The van der Waals surface area contributed by atoms with Crippen molar-refractivity contribution in [1.29, 1.82) is 0 Å². The van der Waals surface area contributed by atoms with Gasteiger partial charge in [-0.2, -0.15) is 0 Å². The molecule has 1 amide bonds. The minimum Gasteiger partial charge on any atom is -0.507 e. The molecule has 3 aromatic rings. The number of amides is 1. The minimum atomic E-state index is -1.28. The van der Waals surface area contributed by atoms with Crippen molar-refractivity contribution in [2.45, 2.75) is 0 Å². The van der Waals surface area contributed by atoms with Crippen LogP contribution >= 0.6 is 24.0 Å². The van der Waals surface area contributed by atoms with Gasteiger partial charge < -0.3 is 14.6 Å². The summed E-state index contributed by atoms with van der Waals surface area (Å²) in [4.78, 5) is 25.3. The zero-order valence-electron chi connectivity index (χ0n) is 15.0. The highest BCUT2D eigenvalue weighted by molar-refractivity contribution is 8.27. The number of benzene rings is 2. The van der Waals surface area contributed by atoms with Gasteiger partial charge in [-0.05, 0) is 36.4 Å². The number of carboxylic acids is 1. The van der Waals surface area contributed by atoms with Gasteiger partial charge in [-0.25, -0.2) is 9.18 Å². The third-order valence-electron chi connectivity index (χ3n) is 4.30. The summed E-state index contributed by atoms with van der Waals surface area (Å²) in [7, 11) is 0. The smallest absolute Gasteiger partial charge is 0.339 e. The molecule has 0 atom stereocenters. The quantitative estimate of drug-likeness (QED) is 0.440. The number of rotatable bonds is 4. The topological polar surface area (TPSA) is 91.0 Å². The van der Waals surface area contributed by atoms with Crippen molar-refractivity contribution >= 4 is 51.9 Å². The molecule has 2 heterocycles. The van der Waals surface area contributed by atoms with Crippen LogP contribution in [0.4, 0.5) is 10.1 Å². The normalized spacial score (nSPS) is 15.2. The van der Waals surface area contributed by atoms with Gasteiger partial charge in [0.15, 0.2) is 4.32 Å². The van der Waals surface area contributed by atoms with Crippen LogP contribution < -0.4 is 4.90 Å². The number of furan rings is 1. The second kappa shape index (κ2) is 7.77. The Balaban J connectivity index is 1.62. The summed E-state index contributed by atoms with van der Waals surface area (Å²) in [5.41, 5.74) is 0.268. The summed E-state index contributed by atoms with van der Waals surface area (Å²) in [6.45, 7) is 0. The number of phenols is 1. The van der Waals surface area contributed by atoms with Crippen LogP contribution in [0.5, 0.6) is 5.75 Å². The highest BCUT2D eigenvalue weighted by Gasteiger charge is 2.34. The van der Waals surface area contributed by atoms with E-state index in [2.05, 4.69) is 0 Å². The zero-order chi connectivity index (χ0) is 21.4. The maximum atomic E-state index is 13.9. The molecule has 2 N–H and O–H groups in total. The van der Waals surface area contributed by atoms with Crippen molar-refractivity contribution in [2.75, 3.05) is 4.90 Å².